The Bertz CT molecular complexity index is 213. The topological polar surface area (TPSA) is 54.4 Å². The molecule has 0 radical (unpaired) electrons. The second-order valence-corrected chi connectivity index (χ2v) is 5.57. The molecule has 0 rings (SSSR count). The second-order valence-electron chi connectivity index (χ2n) is 4.00. The molecular formula is C11H25LiO3S. The summed E-state index contributed by atoms with van der Waals surface area (Å²) in [6.45, 7) is 10.3. The fourth-order valence-corrected chi connectivity index (χ4v) is 1.21. The van der Waals surface area contributed by atoms with Gasteiger partial charge in [0.25, 0.3) is 10.1 Å². The summed E-state index contributed by atoms with van der Waals surface area (Å²) >= 11 is 0. The summed E-state index contributed by atoms with van der Waals surface area (Å²) in [5, 5.41) is 0. The van der Waals surface area contributed by atoms with E-state index in [1.165, 1.54) is 6.42 Å². The fraction of sp³-hybridized carbons (Fsp3) is 0.909. The third-order valence-corrected chi connectivity index (χ3v) is 2.77. The number of rotatable bonds is 6. The monoisotopic (exact) mass is 244 g/mol. The van der Waals surface area contributed by atoms with E-state index in [9.17, 15) is 8.42 Å². The zero-order chi connectivity index (χ0) is 12.3. The van der Waals surface area contributed by atoms with Crippen molar-refractivity contribution in [1.29, 1.82) is 0 Å². The van der Waals surface area contributed by atoms with E-state index in [-0.39, 0.29) is 24.6 Å². The molecule has 0 aromatic rings. The van der Waals surface area contributed by atoms with Crippen LogP contribution in [0.25, 0.3) is 0 Å². The van der Waals surface area contributed by atoms with Gasteiger partial charge in [0.2, 0.25) is 0 Å². The van der Waals surface area contributed by atoms with Crippen molar-refractivity contribution < 1.29 is 31.8 Å². The summed E-state index contributed by atoms with van der Waals surface area (Å²) in [5.41, 5.74) is 0. The van der Waals surface area contributed by atoms with E-state index < -0.39 is 10.1 Å². The minimum Gasteiger partial charge on any atom is -0.343 e. The molecule has 94 valence electrons. The van der Waals surface area contributed by atoms with E-state index in [0.29, 0.717) is 6.42 Å². The molecule has 0 atom stereocenters. The van der Waals surface area contributed by atoms with Crippen molar-refractivity contribution in [2.75, 3.05) is 5.75 Å². The molecule has 0 amide bonds. The molecule has 0 saturated carbocycles. The van der Waals surface area contributed by atoms with Crippen LogP contribution in [-0.4, -0.2) is 18.7 Å². The van der Waals surface area contributed by atoms with Gasteiger partial charge in [-0.3, -0.25) is 4.55 Å². The van der Waals surface area contributed by atoms with Gasteiger partial charge in [-0.2, -0.15) is 14.8 Å². The summed E-state index contributed by atoms with van der Waals surface area (Å²) in [4.78, 5) is 0. The minimum atomic E-state index is -3.72. The normalized spacial score (nSPS) is 10.4. The largest absolute Gasteiger partial charge is 1.00 e. The second kappa shape index (κ2) is 13.6. The number of hydrogen-bond acceptors (Lipinski definition) is 2. The van der Waals surface area contributed by atoms with Crippen molar-refractivity contribution in [2.45, 2.75) is 52.9 Å². The average Bonchev–Trinajstić information content (AvgIpc) is 2.12. The van der Waals surface area contributed by atoms with E-state index in [1.54, 1.807) is 0 Å². The van der Waals surface area contributed by atoms with Crippen LogP contribution in [0.1, 0.15) is 52.9 Å². The summed E-state index contributed by atoms with van der Waals surface area (Å²) < 4.78 is 28.5. The SMILES string of the molecule is CCC(C)C.[CH2-]CCCCCS(=O)(=O)O.[Li+]. The van der Waals surface area contributed by atoms with Crippen molar-refractivity contribution in [3.63, 3.8) is 0 Å². The zero-order valence-corrected chi connectivity index (χ0v) is 12.0. The number of hydrogen-bond donors (Lipinski definition) is 1. The first kappa shape index (κ1) is 21.8. The molecule has 16 heavy (non-hydrogen) atoms. The first-order chi connectivity index (χ1) is 6.83. The predicted octanol–water partition coefficient (Wildman–Crippen LogP) is 0.325. The third kappa shape index (κ3) is 29.3. The maximum Gasteiger partial charge on any atom is 1.00 e. The van der Waals surface area contributed by atoms with Gasteiger partial charge in [-0.15, -0.1) is 0 Å². The number of unbranched alkanes of at least 4 members (excludes halogenated alkanes) is 3. The van der Waals surface area contributed by atoms with Crippen LogP contribution >= 0.6 is 0 Å². The van der Waals surface area contributed by atoms with Crippen molar-refractivity contribution in [3.05, 3.63) is 6.92 Å². The van der Waals surface area contributed by atoms with Gasteiger partial charge in [0, 0.05) is 0 Å². The van der Waals surface area contributed by atoms with Gasteiger partial charge in [-0.25, -0.2) is 0 Å². The Labute approximate surface area is 113 Å². The Kier molecular flexibility index (Phi) is 18.5. The van der Waals surface area contributed by atoms with Crippen molar-refractivity contribution in [3.8, 4) is 0 Å². The van der Waals surface area contributed by atoms with E-state index in [0.717, 1.165) is 25.2 Å². The molecule has 5 heteroatoms. The van der Waals surface area contributed by atoms with Gasteiger partial charge < -0.3 is 6.92 Å². The van der Waals surface area contributed by atoms with E-state index >= 15 is 0 Å². The Morgan fingerprint density at radius 3 is 1.88 bits per heavy atom. The summed E-state index contributed by atoms with van der Waals surface area (Å²) in [6.07, 6.45) is 4.42. The fourth-order valence-electron chi connectivity index (χ4n) is 0.638. The molecule has 0 bridgehead atoms. The van der Waals surface area contributed by atoms with Gasteiger partial charge in [-0.1, -0.05) is 40.0 Å². The standard InChI is InChI=1S/C6H13O3S.C5H12.Li/c1-2-3-4-5-6-10(7,8)9;1-4-5(2)3;/h1-6H2,(H,7,8,9);5H,4H2,1-3H3;/q-1;;+1. The summed E-state index contributed by atoms with van der Waals surface area (Å²) in [6, 6.07) is 0. The maximum absolute atomic E-state index is 10.1. The minimum absolute atomic E-state index is 0. The van der Waals surface area contributed by atoms with Gasteiger partial charge in [-0.05, 0) is 12.3 Å². The smallest absolute Gasteiger partial charge is 0.343 e. The molecule has 0 aliphatic rings. The zero-order valence-electron chi connectivity index (χ0n) is 11.2. The molecule has 0 saturated heterocycles. The van der Waals surface area contributed by atoms with Crippen LogP contribution in [0.2, 0.25) is 0 Å². The average molecular weight is 244 g/mol. The molecular weight excluding hydrogens is 219 g/mol. The Balaban J connectivity index is -0.000000242. The van der Waals surface area contributed by atoms with Crippen LogP contribution in [0.5, 0.6) is 0 Å². The first-order valence-corrected chi connectivity index (χ1v) is 7.18. The first-order valence-electron chi connectivity index (χ1n) is 5.57. The third-order valence-electron chi connectivity index (χ3n) is 1.97. The molecule has 1 N–H and O–H groups in total. The molecule has 3 nitrogen and oxygen atoms in total. The van der Waals surface area contributed by atoms with E-state index in [4.69, 9.17) is 4.55 Å². The molecule has 0 aliphatic carbocycles. The van der Waals surface area contributed by atoms with Gasteiger partial charge in [0.05, 0.1) is 5.75 Å². The van der Waals surface area contributed by atoms with Crippen molar-refractivity contribution >= 4 is 10.1 Å². The van der Waals surface area contributed by atoms with Crippen molar-refractivity contribution in [1.82, 2.24) is 0 Å². The molecule has 0 spiro atoms. The van der Waals surface area contributed by atoms with Crippen LogP contribution in [0.3, 0.4) is 0 Å². The van der Waals surface area contributed by atoms with Gasteiger partial charge in [0.1, 0.15) is 0 Å². The van der Waals surface area contributed by atoms with E-state index in [1.807, 2.05) is 0 Å². The van der Waals surface area contributed by atoms with E-state index in [2.05, 4.69) is 27.7 Å². The van der Waals surface area contributed by atoms with Crippen LogP contribution < -0.4 is 18.9 Å². The summed E-state index contributed by atoms with van der Waals surface area (Å²) in [5.74, 6) is 0.766. The molecule has 0 fully saturated rings. The predicted molar refractivity (Wildman–Crippen MR) is 65.4 cm³/mol. The van der Waals surface area contributed by atoms with Crippen LogP contribution in [-0.2, 0) is 10.1 Å². The molecule has 0 aromatic carbocycles. The maximum atomic E-state index is 10.1. The summed E-state index contributed by atoms with van der Waals surface area (Å²) in [7, 11) is -3.72. The quantitative estimate of drug-likeness (QED) is 0.317. The van der Waals surface area contributed by atoms with Crippen LogP contribution in [0, 0.1) is 12.8 Å². The van der Waals surface area contributed by atoms with Crippen LogP contribution in [0.15, 0.2) is 0 Å². The van der Waals surface area contributed by atoms with Crippen molar-refractivity contribution in [2.24, 2.45) is 5.92 Å². The Morgan fingerprint density at radius 2 is 1.62 bits per heavy atom. The van der Waals surface area contributed by atoms with Crippen LogP contribution in [0.4, 0.5) is 0 Å². The molecule has 0 aromatic heterocycles. The Hall–Kier alpha value is 0.507. The molecule has 0 aliphatic heterocycles. The van der Waals surface area contributed by atoms with Gasteiger partial charge in [0.15, 0.2) is 0 Å². The Morgan fingerprint density at radius 1 is 1.19 bits per heavy atom. The molecule has 0 unspecified atom stereocenters. The molecule has 0 heterocycles. The van der Waals surface area contributed by atoms with Gasteiger partial charge >= 0.3 is 18.9 Å².